The number of halogens is 1. The number of likely N-dealkylation sites (N-methyl/N-ethyl adjacent to an activating group) is 1. The van der Waals surface area contributed by atoms with Gasteiger partial charge in [-0.25, -0.2) is 9.37 Å². The lowest BCUT2D eigenvalue weighted by molar-refractivity contribution is -0.895. The second-order valence-electron chi connectivity index (χ2n) is 6.83. The standard InChI is InChI=1S/C20H20FN3OS2/c1-3-9-24-19(25)17-15-8-10-23(2)11-16(15)27-18(17)22-20(24)26-12-13-4-6-14(21)7-5-13/h3-7H,1,8-12H2,2H3/p+1. The van der Waals surface area contributed by atoms with E-state index in [2.05, 4.69) is 13.6 Å². The highest BCUT2D eigenvalue weighted by Gasteiger charge is 2.25. The maximum atomic E-state index is 13.2. The number of rotatable bonds is 5. The minimum absolute atomic E-state index is 0.0264. The fourth-order valence-corrected chi connectivity index (χ4v) is 5.74. The van der Waals surface area contributed by atoms with Gasteiger partial charge in [0.15, 0.2) is 5.16 Å². The summed E-state index contributed by atoms with van der Waals surface area (Å²) in [5.41, 5.74) is 2.21. The van der Waals surface area contributed by atoms with Gasteiger partial charge in [0.05, 0.1) is 23.9 Å². The van der Waals surface area contributed by atoms with Gasteiger partial charge < -0.3 is 4.90 Å². The van der Waals surface area contributed by atoms with E-state index in [0.29, 0.717) is 17.5 Å². The van der Waals surface area contributed by atoms with Crippen LogP contribution in [0.4, 0.5) is 4.39 Å². The van der Waals surface area contributed by atoms with E-state index in [1.54, 1.807) is 34.1 Å². The second-order valence-corrected chi connectivity index (χ2v) is 8.86. The van der Waals surface area contributed by atoms with Crippen LogP contribution >= 0.6 is 23.1 Å². The lowest BCUT2D eigenvalue weighted by atomic mass is 10.1. The van der Waals surface area contributed by atoms with Crippen LogP contribution in [0.3, 0.4) is 0 Å². The van der Waals surface area contributed by atoms with E-state index in [0.717, 1.165) is 35.3 Å². The highest BCUT2D eigenvalue weighted by atomic mass is 32.2. The van der Waals surface area contributed by atoms with Gasteiger partial charge in [-0.3, -0.25) is 9.36 Å². The normalized spacial score (nSPS) is 16.4. The number of aromatic nitrogens is 2. The lowest BCUT2D eigenvalue weighted by Crippen LogP contribution is -3.08. The van der Waals surface area contributed by atoms with Crippen molar-refractivity contribution >= 4 is 33.3 Å². The number of thiophene rings is 1. The number of hydrogen-bond donors (Lipinski definition) is 1. The quantitative estimate of drug-likeness (QED) is 0.405. The number of quaternary nitrogens is 1. The van der Waals surface area contributed by atoms with Gasteiger partial charge in [-0.05, 0) is 23.3 Å². The largest absolute Gasteiger partial charge is 0.333 e. The second kappa shape index (κ2) is 7.58. The Morgan fingerprint density at radius 2 is 2.19 bits per heavy atom. The van der Waals surface area contributed by atoms with Crippen LogP contribution in [0.2, 0.25) is 0 Å². The summed E-state index contributed by atoms with van der Waals surface area (Å²) in [6.07, 6.45) is 2.65. The Morgan fingerprint density at radius 1 is 1.41 bits per heavy atom. The molecule has 0 aliphatic carbocycles. The number of benzene rings is 1. The van der Waals surface area contributed by atoms with E-state index in [1.165, 1.54) is 39.2 Å². The Labute approximate surface area is 165 Å². The SMILES string of the molecule is C=CCn1c(SCc2ccc(F)cc2)nc2sc3c(c2c1=O)CC[NH+](C)C3. The summed E-state index contributed by atoms with van der Waals surface area (Å²) in [6.45, 7) is 6.22. The predicted molar refractivity (Wildman–Crippen MR) is 109 cm³/mol. The molecule has 0 saturated heterocycles. The minimum Gasteiger partial charge on any atom is -0.333 e. The maximum absolute atomic E-state index is 13.2. The average molecular weight is 403 g/mol. The van der Waals surface area contributed by atoms with Crippen LogP contribution in [0.15, 0.2) is 46.9 Å². The summed E-state index contributed by atoms with van der Waals surface area (Å²) in [4.78, 5) is 21.6. The number of thioether (sulfide) groups is 1. The zero-order valence-electron chi connectivity index (χ0n) is 15.1. The molecule has 1 N–H and O–H groups in total. The molecule has 0 bridgehead atoms. The summed E-state index contributed by atoms with van der Waals surface area (Å²) >= 11 is 3.15. The van der Waals surface area contributed by atoms with Gasteiger partial charge in [0.2, 0.25) is 0 Å². The van der Waals surface area contributed by atoms with Crippen molar-refractivity contribution in [2.45, 2.75) is 30.4 Å². The Balaban J connectivity index is 1.75. The van der Waals surface area contributed by atoms with Crippen LogP contribution in [0.25, 0.3) is 10.2 Å². The molecule has 4 rings (SSSR count). The molecular formula is C20H21FN3OS2+. The first-order valence-electron chi connectivity index (χ1n) is 8.91. The number of hydrogen-bond acceptors (Lipinski definition) is 4. The van der Waals surface area contributed by atoms with Gasteiger partial charge in [-0.1, -0.05) is 30.0 Å². The maximum Gasteiger partial charge on any atom is 0.263 e. The molecule has 4 nitrogen and oxygen atoms in total. The molecule has 0 fully saturated rings. The first kappa shape index (κ1) is 18.4. The molecule has 1 atom stereocenters. The third-order valence-corrected chi connectivity index (χ3v) is 6.99. The summed E-state index contributed by atoms with van der Waals surface area (Å²) in [6, 6.07) is 6.43. The molecule has 0 saturated carbocycles. The minimum atomic E-state index is -0.247. The Kier molecular flexibility index (Phi) is 5.16. The number of nitrogens with zero attached hydrogens (tertiary/aromatic N) is 2. The van der Waals surface area contributed by atoms with Crippen molar-refractivity contribution in [3.8, 4) is 0 Å². The highest BCUT2D eigenvalue weighted by Crippen LogP contribution is 2.31. The molecule has 0 amide bonds. The Bertz CT molecular complexity index is 1060. The molecule has 3 aromatic rings. The van der Waals surface area contributed by atoms with Gasteiger partial charge in [0.25, 0.3) is 5.56 Å². The van der Waals surface area contributed by atoms with Gasteiger partial charge in [0, 0.05) is 18.7 Å². The van der Waals surface area contributed by atoms with Gasteiger partial charge in [0.1, 0.15) is 17.2 Å². The van der Waals surface area contributed by atoms with Crippen molar-refractivity contribution in [1.82, 2.24) is 9.55 Å². The van der Waals surface area contributed by atoms with Crippen LogP contribution < -0.4 is 10.5 Å². The molecule has 1 aliphatic heterocycles. The van der Waals surface area contributed by atoms with Crippen LogP contribution in [0, 0.1) is 5.82 Å². The van der Waals surface area contributed by atoms with Crippen molar-refractivity contribution in [2.24, 2.45) is 0 Å². The molecule has 1 unspecified atom stereocenters. The topological polar surface area (TPSA) is 39.3 Å². The molecule has 7 heteroatoms. The van der Waals surface area contributed by atoms with Gasteiger partial charge in [-0.2, -0.15) is 0 Å². The Hall–Kier alpha value is -1.96. The van der Waals surface area contributed by atoms with E-state index in [4.69, 9.17) is 4.98 Å². The van der Waals surface area contributed by atoms with E-state index in [9.17, 15) is 9.18 Å². The lowest BCUT2D eigenvalue weighted by Gasteiger charge is -2.19. The zero-order chi connectivity index (χ0) is 19.0. The summed E-state index contributed by atoms with van der Waals surface area (Å²) < 4.78 is 14.8. The summed E-state index contributed by atoms with van der Waals surface area (Å²) in [7, 11) is 2.18. The molecule has 0 radical (unpaired) electrons. The third kappa shape index (κ3) is 3.59. The number of allylic oxidation sites excluding steroid dienone is 1. The van der Waals surface area contributed by atoms with Crippen molar-refractivity contribution < 1.29 is 9.29 Å². The summed E-state index contributed by atoms with van der Waals surface area (Å²) in [5, 5.41) is 1.48. The van der Waals surface area contributed by atoms with Crippen molar-refractivity contribution in [1.29, 1.82) is 0 Å². The predicted octanol–water partition coefficient (Wildman–Crippen LogP) is 2.65. The monoisotopic (exact) mass is 402 g/mol. The van der Waals surface area contributed by atoms with Crippen LogP contribution in [0.5, 0.6) is 0 Å². The number of nitrogens with one attached hydrogen (secondary N) is 1. The van der Waals surface area contributed by atoms with Crippen LogP contribution in [0.1, 0.15) is 16.0 Å². The molecule has 140 valence electrons. The molecule has 27 heavy (non-hydrogen) atoms. The molecule has 1 aromatic carbocycles. The first-order valence-corrected chi connectivity index (χ1v) is 10.7. The van der Waals surface area contributed by atoms with E-state index in [-0.39, 0.29) is 11.4 Å². The zero-order valence-corrected chi connectivity index (χ0v) is 16.8. The fourth-order valence-electron chi connectivity index (χ4n) is 3.40. The smallest absolute Gasteiger partial charge is 0.263 e. The van der Waals surface area contributed by atoms with Gasteiger partial charge >= 0.3 is 0 Å². The van der Waals surface area contributed by atoms with Crippen molar-refractivity contribution in [2.75, 3.05) is 13.6 Å². The highest BCUT2D eigenvalue weighted by molar-refractivity contribution is 7.98. The molecule has 0 spiro atoms. The number of fused-ring (bicyclic) bond motifs is 3. The van der Waals surface area contributed by atoms with E-state index >= 15 is 0 Å². The fraction of sp³-hybridized carbons (Fsp3) is 0.300. The average Bonchev–Trinajstić information content (AvgIpc) is 3.01. The third-order valence-electron chi connectivity index (χ3n) is 4.82. The van der Waals surface area contributed by atoms with E-state index < -0.39 is 0 Å². The summed E-state index contributed by atoms with van der Waals surface area (Å²) in [5.74, 6) is 0.385. The first-order chi connectivity index (χ1) is 13.1. The Morgan fingerprint density at radius 3 is 2.93 bits per heavy atom. The molecule has 1 aliphatic rings. The molecule has 3 heterocycles. The van der Waals surface area contributed by atoms with E-state index in [1.807, 2.05) is 0 Å². The van der Waals surface area contributed by atoms with Crippen molar-refractivity contribution in [3.63, 3.8) is 0 Å². The van der Waals surface area contributed by atoms with Crippen LogP contribution in [-0.2, 0) is 25.3 Å². The van der Waals surface area contributed by atoms with Gasteiger partial charge in [-0.15, -0.1) is 17.9 Å². The molecule has 2 aromatic heterocycles. The van der Waals surface area contributed by atoms with Crippen molar-refractivity contribution in [3.05, 3.63) is 69.1 Å². The van der Waals surface area contributed by atoms with Crippen LogP contribution in [-0.4, -0.2) is 23.1 Å². The molecular weight excluding hydrogens is 381 g/mol.